The number of urea groups is 1. The van der Waals surface area contributed by atoms with Crippen molar-refractivity contribution in [1.82, 2.24) is 20.8 Å². The number of amides is 4. The molecule has 1 aromatic rings. The van der Waals surface area contributed by atoms with Crippen LogP contribution in [0.3, 0.4) is 0 Å². The first-order chi connectivity index (χ1) is 12.3. The predicted octanol–water partition coefficient (Wildman–Crippen LogP) is -3.10. The van der Waals surface area contributed by atoms with Crippen LogP contribution in [-0.4, -0.2) is 57.5 Å². The maximum absolute atomic E-state index is 12.1. The Hall–Kier alpha value is -2.77. The molecule has 10 N–H and O–H groups in total. The lowest BCUT2D eigenvalue weighted by Gasteiger charge is -2.19. The van der Waals surface area contributed by atoms with E-state index < -0.39 is 49.2 Å². The van der Waals surface area contributed by atoms with Gasteiger partial charge in [0.1, 0.15) is 6.04 Å². The minimum absolute atomic E-state index is 0.00567. The van der Waals surface area contributed by atoms with Crippen molar-refractivity contribution >= 4 is 17.8 Å². The summed E-state index contributed by atoms with van der Waals surface area (Å²) >= 11 is 0. The van der Waals surface area contributed by atoms with E-state index in [0.29, 0.717) is 0 Å². The van der Waals surface area contributed by atoms with Gasteiger partial charge in [0.15, 0.2) is 5.82 Å². The first-order valence-corrected chi connectivity index (χ1v) is 7.71. The van der Waals surface area contributed by atoms with E-state index in [0.717, 1.165) is 0 Å². The number of carbonyl (C=O) groups is 3. The Labute approximate surface area is 148 Å². The second kappa shape index (κ2) is 10.3. The first kappa shape index (κ1) is 21.3. The monoisotopic (exact) mass is 373 g/mol. The summed E-state index contributed by atoms with van der Waals surface area (Å²) in [6, 6.07) is -3.41. The molecule has 1 aromatic heterocycles. The van der Waals surface area contributed by atoms with Crippen molar-refractivity contribution in [2.45, 2.75) is 37.4 Å². The number of aliphatic hydroxyl groups excluding tert-OH is 2. The first-order valence-electron chi connectivity index (χ1n) is 7.71. The molecule has 26 heavy (non-hydrogen) atoms. The SMILES string of the molecule is NC(=O)CC[C@@H](CO)NC(=O)N[C@@H](CC(N)=O)c1nc([C@@H](N)CO)no1. The molecule has 0 bridgehead atoms. The zero-order valence-electron chi connectivity index (χ0n) is 13.9. The van der Waals surface area contributed by atoms with Gasteiger partial charge in [-0.1, -0.05) is 5.16 Å². The molecule has 0 aliphatic carbocycles. The van der Waals surface area contributed by atoms with Gasteiger partial charge in [-0.2, -0.15) is 4.98 Å². The molecule has 0 spiro atoms. The van der Waals surface area contributed by atoms with Crippen LogP contribution in [0.1, 0.15) is 43.1 Å². The molecule has 0 fully saturated rings. The van der Waals surface area contributed by atoms with Crippen LogP contribution in [0.5, 0.6) is 0 Å². The van der Waals surface area contributed by atoms with Gasteiger partial charge >= 0.3 is 6.03 Å². The molecule has 13 heteroatoms. The maximum Gasteiger partial charge on any atom is 0.315 e. The minimum atomic E-state index is -1.05. The smallest absolute Gasteiger partial charge is 0.315 e. The van der Waals surface area contributed by atoms with Gasteiger partial charge in [-0.3, -0.25) is 9.59 Å². The van der Waals surface area contributed by atoms with Crippen molar-refractivity contribution in [3.8, 4) is 0 Å². The molecular weight excluding hydrogens is 350 g/mol. The van der Waals surface area contributed by atoms with E-state index in [1.807, 2.05) is 0 Å². The Morgan fingerprint density at radius 3 is 2.35 bits per heavy atom. The highest BCUT2D eigenvalue weighted by Crippen LogP contribution is 2.16. The number of primary amides is 2. The normalized spacial score (nSPS) is 14.3. The van der Waals surface area contributed by atoms with E-state index in [9.17, 15) is 19.5 Å². The van der Waals surface area contributed by atoms with Crippen LogP contribution in [0.4, 0.5) is 4.79 Å². The summed E-state index contributed by atoms with van der Waals surface area (Å²) in [6.45, 7) is -0.845. The molecule has 13 nitrogen and oxygen atoms in total. The Morgan fingerprint density at radius 2 is 1.81 bits per heavy atom. The fourth-order valence-corrected chi connectivity index (χ4v) is 1.93. The van der Waals surface area contributed by atoms with E-state index in [2.05, 4.69) is 20.8 Å². The van der Waals surface area contributed by atoms with Gasteiger partial charge in [-0.05, 0) is 6.42 Å². The molecule has 3 atom stereocenters. The Morgan fingerprint density at radius 1 is 1.12 bits per heavy atom. The third kappa shape index (κ3) is 7.00. The van der Waals surface area contributed by atoms with E-state index in [4.69, 9.17) is 26.8 Å². The quantitative estimate of drug-likeness (QED) is 0.208. The van der Waals surface area contributed by atoms with Crippen LogP contribution in [0, 0.1) is 0 Å². The number of hydrogen-bond acceptors (Lipinski definition) is 9. The minimum Gasteiger partial charge on any atom is -0.394 e. The Bertz CT molecular complexity index is 622. The van der Waals surface area contributed by atoms with Crippen molar-refractivity contribution in [3.63, 3.8) is 0 Å². The number of aromatic nitrogens is 2. The van der Waals surface area contributed by atoms with Crippen LogP contribution in [-0.2, 0) is 9.59 Å². The van der Waals surface area contributed by atoms with Crippen molar-refractivity contribution in [1.29, 1.82) is 0 Å². The zero-order chi connectivity index (χ0) is 19.7. The Kier molecular flexibility index (Phi) is 8.41. The lowest BCUT2D eigenvalue weighted by Crippen LogP contribution is -2.46. The van der Waals surface area contributed by atoms with Crippen molar-refractivity contribution in [2.75, 3.05) is 13.2 Å². The van der Waals surface area contributed by atoms with E-state index in [1.165, 1.54) is 0 Å². The van der Waals surface area contributed by atoms with Gasteiger partial charge in [0.05, 0.1) is 31.7 Å². The third-order valence-corrected chi connectivity index (χ3v) is 3.29. The number of carbonyl (C=O) groups excluding carboxylic acids is 3. The molecule has 1 rings (SSSR count). The number of rotatable bonds is 11. The van der Waals surface area contributed by atoms with E-state index >= 15 is 0 Å². The lowest BCUT2D eigenvalue weighted by atomic mass is 10.1. The van der Waals surface area contributed by atoms with Gasteiger partial charge in [-0.15, -0.1) is 0 Å². The molecule has 1 heterocycles. The molecule has 0 unspecified atom stereocenters. The predicted molar refractivity (Wildman–Crippen MR) is 85.8 cm³/mol. The molecule has 0 aromatic carbocycles. The van der Waals surface area contributed by atoms with Gasteiger partial charge in [0.25, 0.3) is 0 Å². The van der Waals surface area contributed by atoms with Crippen LogP contribution in [0.2, 0.25) is 0 Å². The molecule has 146 valence electrons. The number of nitrogens with two attached hydrogens (primary N) is 3. The highest BCUT2D eigenvalue weighted by molar-refractivity contribution is 5.78. The number of hydrogen-bond donors (Lipinski definition) is 7. The molecule has 0 saturated carbocycles. The topological polar surface area (TPSA) is 233 Å². The highest BCUT2D eigenvalue weighted by Gasteiger charge is 2.25. The van der Waals surface area contributed by atoms with Crippen LogP contribution < -0.4 is 27.8 Å². The van der Waals surface area contributed by atoms with Crippen molar-refractivity contribution in [3.05, 3.63) is 11.7 Å². The summed E-state index contributed by atoms with van der Waals surface area (Å²) in [7, 11) is 0. The van der Waals surface area contributed by atoms with Crippen LogP contribution in [0.15, 0.2) is 4.52 Å². The average molecular weight is 373 g/mol. The van der Waals surface area contributed by atoms with Crippen LogP contribution in [0.25, 0.3) is 0 Å². The summed E-state index contributed by atoms with van der Waals surface area (Å²) in [6.07, 6.45) is -0.230. The molecule has 0 saturated heterocycles. The summed E-state index contributed by atoms with van der Waals surface area (Å²) < 4.78 is 4.95. The molecule has 0 aliphatic rings. The molecule has 0 aliphatic heterocycles. The van der Waals surface area contributed by atoms with Crippen molar-refractivity contribution < 1.29 is 29.1 Å². The lowest BCUT2D eigenvalue weighted by molar-refractivity contribution is -0.119. The largest absolute Gasteiger partial charge is 0.394 e. The number of nitrogens with one attached hydrogen (secondary N) is 2. The standard InChI is InChI=1S/C13H23N7O6/c14-7(5-22)11-19-12(26-20-11)8(3-10(16)24)18-13(25)17-6(4-21)1-2-9(15)23/h6-8,21-22H,1-5,14H2,(H2,15,23)(H2,16,24)(H2,17,18,25)/t6-,7-,8-/m0/s1. The molecule has 0 radical (unpaired) electrons. The zero-order valence-corrected chi connectivity index (χ0v) is 13.9. The van der Waals surface area contributed by atoms with Gasteiger partial charge < -0.3 is 42.6 Å². The highest BCUT2D eigenvalue weighted by atomic mass is 16.5. The second-order valence-electron chi connectivity index (χ2n) is 5.51. The maximum atomic E-state index is 12.1. The summed E-state index contributed by atoms with van der Waals surface area (Å²) in [5.41, 5.74) is 15.7. The van der Waals surface area contributed by atoms with E-state index in [-0.39, 0.29) is 31.0 Å². The average Bonchev–Trinajstić information content (AvgIpc) is 3.06. The van der Waals surface area contributed by atoms with Crippen LogP contribution >= 0.6 is 0 Å². The Balaban J connectivity index is 2.77. The second-order valence-corrected chi connectivity index (χ2v) is 5.51. The summed E-state index contributed by atoms with van der Waals surface area (Å²) in [5.74, 6) is -1.45. The molecule has 4 amide bonds. The van der Waals surface area contributed by atoms with Gasteiger partial charge in [0, 0.05) is 6.42 Å². The fourth-order valence-electron chi connectivity index (χ4n) is 1.93. The van der Waals surface area contributed by atoms with Gasteiger partial charge in [0.2, 0.25) is 17.7 Å². The summed E-state index contributed by atoms with van der Waals surface area (Å²) in [5, 5.41) is 26.6. The summed E-state index contributed by atoms with van der Waals surface area (Å²) in [4.78, 5) is 38.0. The van der Waals surface area contributed by atoms with Crippen molar-refractivity contribution in [2.24, 2.45) is 17.2 Å². The van der Waals surface area contributed by atoms with E-state index in [1.54, 1.807) is 0 Å². The van der Waals surface area contributed by atoms with Gasteiger partial charge in [-0.25, -0.2) is 4.79 Å². The number of nitrogens with zero attached hydrogens (tertiary/aromatic N) is 2. The number of aliphatic hydroxyl groups is 2. The fraction of sp³-hybridized carbons (Fsp3) is 0.615. The third-order valence-electron chi connectivity index (χ3n) is 3.29. The molecular formula is C13H23N7O6.